The smallest absolute Gasteiger partial charge is 0.423 e. The van der Waals surface area contributed by atoms with E-state index in [2.05, 4.69) is 4.98 Å². The minimum absolute atomic E-state index is 0.212. The summed E-state index contributed by atoms with van der Waals surface area (Å²) in [6.07, 6.45) is -3.73. The van der Waals surface area contributed by atoms with E-state index in [1.165, 1.54) is 0 Å². The third-order valence-electron chi connectivity index (χ3n) is 1.02. The molecule has 1 heterocycles. The zero-order chi connectivity index (χ0) is 9.35. The normalized spacial score (nSPS) is 11.8. The molecular weight excluding hydrogens is 194 g/mol. The van der Waals surface area contributed by atoms with Crippen molar-refractivity contribution in [3.8, 4) is 0 Å². The summed E-state index contributed by atoms with van der Waals surface area (Å²) >= 11 is 0.212. The number of rotatable bonds is 1. The zero-order valence-corrected chi connectivity index (χ0v) is 6.35. The fraction of sp³-hybridized carbons (Fsp3) is 0.250. The van der Waals surface area contributed by atoms with Gasteiger partial charge in [-0.2, -0.15) is 13.2 Å². The monoisotopic (exact) mass is 197 g/mol. The maximum atomic E-state index is 11.8. The van der Waals surface area contributed by atoms with Crippen molar-refractivity contribution in [1.29, 1.82) is 0 Å². The van der Waals surface area contributed by atoms with E-state index in [-0.39, 0.29) is 16.1 Å². The van der Waals surface area contributed by atoms with E-state index in [1.54, 1.807) is 0 Å². The van der Waals surface area contributed by atoms with Crippen molar-refractivity contribution in [2.24, 2.45) is 0 Å². The van der Waals surface area contributed by atoms with Gasteiger partial charge in [-0.15, -0.1) is 11.3 Å². The molecule has 0 amide bonds. The SMILES string of the molecule is OB(O)c1cnc(C(F)(F)F)s1. The standard InChI is InChI=1S/C4H3BF3NO2S/c6-4(7,8)3-9-1-2(12-3)5(10)11/h1,10-11H. The largest absolute Gasteiger partial charge is 0.500 e. The topological polar surface area (TPSA) is 53.4 Å². The van der Waals surface area contributed by atoms with Gasteiger partial charge in [-0.05, 0) is 0 Å². The Morgan fingerprint density at radius 2 is 2.00 bits per heavy atom. The lowest BCUT2D eigenvalue weighted by molar-refractivity contribution is -0.137. The maximum absolute atomic E-state index is 11.8. The third-order valence-corrected chi connectivity index (χ3v) is 2.10. The fourth-order valence-electron chi connectivity index (χ4n) is 0.537. The number of hydrogen-bond donors (Lipinski definition) is 2. The fourth-order valence-corrected chi connectivity index (χ4v) is 1.19. The van der Waals surface area contributed by atoms with Gasteiger partial charge in [-0.1, -0.05) is 0 Å². The third kappa shape index (κ3) is 1.96. The number of thiazole rings is 1. The molecule has 66 valence electrons. The highest BCUT2D eigenvalue weighted by Gasteiger charge is 2.35. The van der Waals surface area contributed by atoms with Crippen molar-refractivity contribution >= 4 is 23.2 Å². The maximum Gasteiger partial charge on any atom is 0.500 e. The van der Waals surface area contributed by atoms with Gasteiger partial charge in [0, 0.05) is 6.20 Å². The van der Waals surface area contributed by atoms with E-state index < -0.39 is 18.3 Å². The Balaban J connectivity index is 2.92. The van der Waals surface area contributed by atoms with Crippen molar-refractivity contribution < 1.29 is 23.2 Å². The average molecular weight is 197 g/mol. The predicted molar refractivity (Wildman–Crippen MR) is 36.9 cm³/mol. The number of aromatic nitrogens is 1. The molecule has 1 aromatic heterocycles. The first-order chi connectivity index (χ1) is 5.41. The van der Waals surface area contributed by atoms with Crippen LogP contribution in [0.5, 0.6) is 0 Å². The van der Waals surface area contributed by atoms with Crippen LogP contribution in [-0.4, -0.2) is 22.2 Å². The number of halogens is 3. The molecule has 3 nitrogen and oxygen atoms in total. The number of alkyl halides is 3. The van der Waals surface area contributed by atoms with Gasteiger partial charge in [0.25, 0.3) is 0 Å². The molecule has 0 saturated carbocycles. The van der Waals surface area contributed by atoms with Gasteiger partial charge in [-0.3, -0.25) is 0 Å². The zero-order valence-electron chi connectivity index (χ0n) is 5.54. The van der Waals surface area contributed by atoms with Crippen LogP contribution in [0.25, 0.3) is 0 Å². The molecule has 0 spiro atoms. The Morgan fingerprint density at radius 3 is 2.25 bits per heavy atom. The molecular formula is C4H3BF3NO2S. The lowest BCUT2D eigenvalue weighted by atomic mass is 9.91. The van der Waals surface area contributed by atoms with Crippen LogP contribution in [0.1, 0.15) is 5.01 Å². The summed E-state index contributed by atoms with van der Waals surface area (Å²) in [6, 6.07) is 0. The highest BCUT2D eigenvalue weighted by atomic mass is 32.1. The first-order valence-corrected chi connectivity index (χ1v) is 3.62. The van der Waals surface area contributed by atoms with Crippen LogP contribution in [0.3, 0.4) is 0 Å². The summed E-state index contributed by atoms with van der Waals surface area (Å²) in [5.41, 5.74) is 0. The van der Waals surface area contributed by atoms with E-state index in [0.29, 0.717) is 0 Å². The van der Waals surface area contributed by atoms with Crippen LogP contribution in [0, 0.1) is 0 Å². The van der Waals surface area contributed by atoms with Crippen molar-refractivity contribution in [3.63, 3.8) is 0 Å². The summed E-state index contributed by atoms with van der Waals surface area (Å²) in [4.78, 5) is 2.98. The van der Waals surface area contributed by atoms with Crippen molar-refractivity contribution in [1.82, 2.24) is 4.98 Å². The molecule has 0 aromatic carbocycles. The van der Waals surface area contributed by atoms with Crippen LogP contribution in [0.15, 0.2) is 6.20 Å². The van der Waals surface area contributed by atoms with E-state index in [0.717, 1.165) is 6.20 Å². The van der Waals surface area contributed by atoms with Crippen molar-refractivity contribution in [2.45, 2.75) is 6.18 Å². The molecule has 0 radical (unpaired) electrons. The Morgan fingerprint density at radius 1 is 1.42 bits per heavy atom. The summed E-state index contributed by atoms with van der Waals surface area (Å²) in [7, 11) is -1.89. The van der Waals surface area contributed by atoms with Crippen LogP contribution in [0.4, 0.5) is 13.2 Å². The molecule has 12 heavy (non-hydrogen) atoms. The Labute approximate surface area is 69.6 Å². The number of nitrogens with zero attached hydrogens (tertiary/aromatic N) is 1. The second kappa shape index (κ2) is 3.04. The summed E-state index contributed by atoms with van der Waals surface area (Å²) in [5, 5.41) is 15.8. The molecule has 0 bridgehead atoms. The van der Waals surface area contributed by atoms with Crippen LogP contribution >= 0.6 is 11.3 Å². The molecule has 0 atom stereocenters. The van der Waals surface area contributed by atoms with E-state index in [4.69, 9.17) is 10.0 Å². The quantitative estimate of drug-likeness (QED) is 0.615. The van der Waals surface area contributed by atoms with Gasteiger partial charge in [0.2, 0.25) is 0 Å². The molecule has 0 aliphatic carbocycles. The molecule has 0 aliphatic rings. The van der Waals surface area contributed by atoms with Gasteiger partial charge in [0.05, 0.1) is 4.78 Å². The van der Waals surface area contributed by atoms with Crippen molar-refractivity contribution in [2.75, 3.05) is 0 Å². The minimum atomic E-state index is -4.52. The van der Waals surface area contributed by atoms with Crippen LogP contribution in [0.2, 0.25) is 0 Å². The first kappa shape index (κ1) is 9.49. The van der Waals surface area contributed by atoms with Gasteiger partial charge < -0.3 is 10.0 Å². The Bertz CT molecular complexity index is 274. The molecule has 0 unspecified atom stereocenters. The molecule has 1 aromatic rings. The van der Waals surface area contributed by atoms with E-state index >= 15 is 0 Å². The minimum Gasteiger partial charge on any atom is -0.423 e. The molecule has 0 fully saturated rings. The summed E-state index contributed by atoms with van der Waals surface area (Å²) in [6.45, 7) is 0. The first-order valence-electron chi connectivity index (χ1n) is 2.80. The van der Waals surface area contributed by atoms with E-state index in [1.807, 2.05) is 0 Å². The lowest BCUT2D eigenvalue weighted by Gasteiger charge is -1.98. The lowest BCUT2D eigenvalue weighted by Crippen LogP contribution is -2.26. The molecule has 0 saturated heterocycles. The predicted octanol–water partition coefficient (Wildman–Crippen LogP) is -0.158. The van der Waals surface area contributed by atoms with Gasteiger partial charge in [-0.25, -0.2) is 4.98 Å². The van der Waals surface area contributed by atoms with Crippen molar-refractivity contribution in [3.05, 3.63) is 11.2 Å². The summed E-state index contributed by atoms with van der Waals surface area (Å²) < 4.78 is 35.3. The summed E-state index contributed by atoms with van der Waals surface area (Å²) in [5.74, 6) is 0. The van der Waals surface area contributed by atoms with Gasteiger partial charge in [0.1, 0.15) is 0 Å². The molecule has 0 aliphatic heterocycles. The molecule has 8 heteroatoms. The number of hydrogen-bond acceptors (Lipinski definition) is 4. The molecule has 1 rings (SSSR count). The highest BCUT2D eigenvalue weighted by Crippen LogP contribution is 2.29. The second-order valence-corrected chi connectivity index (χ2v) is 3.00. The highest BCUT2D eigenvalue weighted by molar-refractivity contribution is 7.21. The van der Waals surface area contributed by atoms with Gasteiger partial charge in [0.15, 0.2) is 5.01 Å². The van der Waals surface area contributed by atoms with Gasteiger partial charge >= 0.3 is 13.3 Å². The second-order valence-electron chi connectivity index (χ2n) is 1.94. The van der Waals surface area contributed by atoms with Crippen LogP contribution in [-0.2, 0) is 6.18 Å². The van der Waals surface area contributed by atoms with E-state index in [9.17, 15) is 13.2 Å². The average Bonchev–Trinajstić information content (AvgIpc) is 2.30. The van der Waals surface area contributed by atoms with Crippen LogP contribution < -0.4 is 4.78 Å². The Kier molecular flexibility index (Phi) is 2.40. The molecule has 2 N–H and O–H groups in total. The Hall–Kier alpha value is -0.595.